The van der Waals surface area contributed by atoms with Crippen LogP contribution in [0.25, 0.3) is 0 Å². The summed E-state index contributed by atoms with van der Waals surface area (Å²) in [5, 5.41) is 5.23. The van der Waals surface area contributed by atoms with E-state index >= 15 is 0 Å². The summed E-state index contributed by atoms with van der Waals surface area (Å²) in [6.07, 6.45) is 4.42. The topological polar surface area (TPSA) is 127 Å². The summed E-state index contributed by atoms with van der Waals surface area (Å²) < 4.78 is 0. The van der Waals surface area contributed by atoms with E-state index < -0.39 is 17.2 Å². The maximum absolute atomic E-state index is 12.1. The lowest BCUT2D eigenvalue weighted by atomic mass is 9.82. The van der Waals surface area contributed by atoms with Crippen LogP contribution in [0, 0.1) is 11.8 Å². The second-order valence-corrected chi connectivity index (χ2v) is 5.85. The molecular formula is C18H20N5O3. The molecule has 0 spiro atoms. The van der Waals surface area contributed by atoms with Crippen LogP contribution in [-0.4, -0.2) is 34.2 Å². The number of primary amides is 1. The Bertz CT molecular complexity index is 767. The first kappa shape index (κ1) is 19.0. The van der Waals surface area contributed by atoms with Crippen molar-refractivity contribution >= 4 is 23.5 Å². The second-order valence-electron chi connectivity index (χ2n) is 5.85. The minimum atomic E-state index is -1.23. The van der Waals surface area contributed by atoms with E-state index in [-0.39, 0.29) is 24.6 Å². The highest BCUT2D eigenvalue weighted by molar-refractivity contribution is 6.01. The number of aromatic nitrogens is 2. The molecule has 0 saturated carbocycles. The Morgan fingerprint density at radius 1 is 1.12 bits per heavy atom. The fraction of sp³-hybridized carbons (Fsp3) is 0.222. The summed E-state index contributed by atoms with van der Waals surface area (Å²) in [7, 11) is 0. The van der Waals surface area contributed by atoms with E-state index in [1.54, 1.807) is 43.3 Å². The van der Waals surface area contributed by atoms with Crippen molar-refractivity contribution in [3.05, 3.63) is 60.9 Å². The van der Waals surface area contributed by atoms with Crippen LogP contribution in [0.15, 0.2) is 48.8 Å². The van der Waals surface area contributed by atoms with Crippen LogP contribution < -0.4 is 16.4 Å². The van der Waals surface area contributed by atoms with Crippen LogP contribution in [0.1, 0.15) is 23.8 Å². The zero-order valence-electron chi connectivity index (χ0n) is 14.3. The molecule has 26 heavy (non-hydrogen) atoms. The molecule has 0 bridgehead atoms. The highest BCUT2D eigenvalue weighted by atomic mass is 16.2. The third-order valence-electron chi connectivity index (χ3n) is 3.76. The molecule has 2 rings (SSSR count). The molecule has 4 N–H and O–H groups in total. The van der Waals surface area contributed by atoms with Crippen molar-refractivity contribution in [3.8, 4) is 0 Å². The average Bonchev–Trinajstić information content (AvgIpc) is 2.63. The summed E-state index contributed by atoms with van der Waals surface area (Å²) >= 11 is 0. The monoisotopic (exact) mass is 354 g/mol. The molecule has 3 amide bonds. The average molecular weight is 354 g/mol. The van der Waals surface area contributed by atoms with Crippen molar-refractivity contribution in [3.63, 3.8) is 0 Å². The van der Waals surface area contributed by atoms with Crippen LogP contribution in [0.5, 0.6) is 0 Å². The minimum absolute atomic E-state index is 0.155. The van der Waals surface area contributed by atoms with Gasteiger partial charge in [-0.15, -0.1) is 0 Å². The smallest absolute Gasteiger partial charge is 0.269 e. The molecular weight excluding hydrogens is 334 g/mol. The number of rotatable bonds is 8. The van der Waals surface area contributed by atoms with Crippen LogP contribution in [0.3, 0.4) is 0 Å². The van der Waals surface area contributed by atoms with E-state index in [0.717, 1.165) is 0 Å². The van der Waals surface area contributed by atoms with Gasteiger partial charge in [0.15, 0.2) is 0 Å². The molecule has 1 atom stereocenters. The first-order chi connectivity index (χ1) is 12.4. The van der Waals surface area contributed by atoms with Gasteiger partial charge in [-0.25, -0.2) is 4.98 Å². The first-order valence-corrected chi connectivity index (χ1v) is 7.98. The lowest BCUT2D eigenvalue weighted by Crippen LogP contribution is -2.41. The van der Waals surface area contributed by atoms with Crippen LogP contribution in [-0.2, 0) is 9.59 Å². The van der Waals surface area contributed by atoms with E-state index in [9.17, 15) is 14.4 Å². The van der Waals surface area contributed by atoms with Crippen molar-refractivity contribution < 1.29 is 14.4 Å². The Kier molecular flexibility index (Phi) is 6.37. The lowest BCUT2D eigenvalue weighted by molar-refractivity contribution is -0.128. The van der Waals surface area contributed by atoms with Gasteiger partial charge >= 0.3 is 0 Å². The summed E-state index contributed by atoms with van der Waals surface area (Å²) in [5.41, 5.74) is 4.49. The van der Waals surface area contributed by atoms with Gasteiger partial charge in [0.2, 0.25) is 11.8 Å². The number of nitrogens with one attached hydrogen (secondary N) is 2. The minimum Gasteiger partial charge on any atom is -0.369 e. The first-order valence-electron chi connectivity index (χ1n) is 7.98. The zero-order valence-corrected chi connectivity index (χ0v) is 14.3. The molecule has 2 aromatic rings. The number of nitrogens with zero attached hydrogens (tertiary/aromatic N) is 2. The van der Waals surface area contributed by atoms with Gasteiger partial charge in [-0.1, -0.05) is 12.1 Å². The highest BCUT2D eigenvalue weighted by Crippen LogP contribution is 2.24. The third-order valence-corrected chi connectivity index (χ3v) is 3.76. The van der Waals surface area contributed by atoms with Gasteiger partial charge in [0.05, 0.1) is 11.8 Å². The van der Waals surface area contributed by atoms with Crippen molar-refractivity contribution in [2.45, 2.75) is 13.3 Å². The van der Waals surface area contributed by atoms with E-state index in [1.807, 2.05) is 0 Å². The van der Waals surface area contributed by atoms with Gasteiger partial charge in [-0.05, 0) is 37.6 Å². The SMILES string of the molecule is CC([CH]C(=O)Nc1ccccn1)(CCNC(=O)c1ccccn1)C(N)=O. The molecule has 8 heteroatoms. The van der Waals surface area contributed by atoms with Crippen LogP contribution in [0.4, 0.5) is 5.82 Å². The molecule has 0 aromatic carbocycles. The largest absolute Gasteiger partial charge is 0.369 e. The standard InChI is InChI=1S/C18H20N5O3/c1-18(17(19)26,12-15(24)23-14-7-3-5-10-21-14)8-11-22-16(25)13-6-2-4-9-20-13/h2-7,9-10,12H,8,11H2,1H3,(H2,19,26)(H,22,25)(H,21,23,24). The highest BCUT2D eigenvalue weighted by Gasteiger charge is 2.34. The Balaban J connectivity index is 1.90. The molecule has 1 unspecified atom stereocenters. The molecule has 0 aliphatic carbocycles. The number of nitrogens with two attached hydrogens (primary N) is 1. The molecule has 135 valence electrons. The zero-order chi connectivity index (χ0) is 19.0. The summed E-state index contributed by atoms with van der Waals surface area (Å²) in [6, 6.07) is 10.1. The van der Waals surface area contributed by atoms with Gasteiger partial charge in [-0.3, -0.25) is 19.4 Å². The maximum Gasteiger partial charge on any atom is 0.269 e. The van der Waals surface area contributed by atoms with E-state index in [0.29, 0.717) is 5.82 Å². The molecule has 0 saturated heterocycles. The fourth-order valence-electron chi connectivity index (χ4n) is 2.18. The molecule has 0 aliphatic heterocycles. The van der Waals surface area contributed by atoms with Gasteiger partial charge in [0, 0.05) is 18.9 Å². The number of hydrogen-bond acceptors (Lipinski definition) is 5. The fourth-order valence-corrected chi connectivity index (χ4v) is 2.18. The predicted molar refractivity (Wildman–Crippen MR) is 95.7 cm³/mol. The van der Waals surface area contributed by atoms with Crippen molar-refractivity contribution in [2.24, 2.45) is 11.1 Å². The normalized spacial score (nSPS) is 12.7. The van der Waals surface area contributed by atoms with E-state index in [2.05, 4.69) is 20.6 Å². The van der Waals surface area contributed by atoms with Crippen molar-refractivity contribution in [2.75, 3.05) is 11.9 Å². The quantitative estimate of drug-likeness (QED) is 0.650. The Hall–Kier alpha value is -3.29. The number of carbonyl (C=O) groups is 3. The Morgan fingerprint density at radius 3 is 2.38 bits per heavy atom. The number of carbonyl (C=O) groups excluding carboxylic acids is 3. The molecule has 1 radical (unpaired) electrons. The van der Waals surface area contributed by atoms with E-state index in [1.165, 1.54) is 18.8 Å². The second kappa shape index (κ2) is 8.70. The summed E-state index contributed by atoms with van der Waals surface area (Å²) in [6.45, 7) is 1.70. The number of anilines is 1. The van der Waals surface area contributed by atoms with Gasteiger partial charge in [-0.2, -0.15) is 0 Å². The Morgan fingerprint density at radius 2 is 1.81 bits per heavy atom. The van der Waals surface area contributed by atoms with Crippen molar-refractivity contribution in [1.29, 1.82) is 0 Å². The summed E-state index contributed by atoms with van der Waals surface area (Å²) in [4.78, 5) is 43.9. The van der Waals surface area contributed by atoms with Gasteiger partial charge in [0.25, 0.3) is 5.91 Å². The van der Waals surface area contributed by atoms with Crippen molar-refractivity contribution in [1.82, 2.24) is 15.3 Å². The van der Waals surface area contributed by atoms with Gasteiger partial charge < -0.3 is 16.4 Å². The predicted octanol–water partition coefficient (Wildman–Crippen LogP) is 0.931. The maximum atomic E-state index is 12.1. The molecule has 0 fully saturated rings. The number of pyridine rings is 2. The molecule has 2 aromatic heterocycles. The lowest BCUT2D eigenvalue weighted by Gasteiger charge is -2.25. The summed E-state index contributed by atoms with van der Waals surface area (Å²) in [5.74, 6) is -1.17. The molecule has 0 aliphatic rings. The van der Waals surface area contributed by atoms with Crippen LogP contribution in [0.2, 0.25) is 0 Å². The third kappa shape index (κ3) is 5.37. The number of amides is 3. The molecule has 8 nitrogen and oxygen atoms in total. The Labute approximate surface area is 151 Å². The van der Waals surface area contributed by atoms with Gasteiger partial charge in [0.1, 0.15) is 11.5 Å². The number of hydrogen-bond donors (Lipinski definition) is 3. The van der Waals surface area contributed by atoms with E-state index in [4.69, 9.17) is 5.73 Å². The van der Waals surface area contributed by atoms with Crippen LogP contribution >= 0.6 is 0 Å². The molecule has 2 heterocycles.